The average Bonchev–Trinajstić information content (AvgIpc) is 2.19. The molecule has 8 nitrogen and oxygen atoms in total. The van der Waals surface area contributed by atoms with Gasteiger partial charge in [0.05, 0.1) is 0 Å². The first-order valence-electron chi connectivity index (χ1n) is 5.30. The number of rotatable bonds is 9. The Balaban J connectivity index is 4.03. The Hall–Kier alpha value is -0.420. The van der Waals surface area contributed by atoms with Gasteiger partial charge >= 0.3 is 5.97 Å². The zero-order valence-corrected chi connectivity index (χ0v) is 10.5. The Morgan fingerprint density at radius 2 is 1.61 bits per heavy atom. The van der Waals surface area contributed by atoms with Crippen molar-refractivity contribution in [2.24, 2.45) is 0 Å². The fourth-order valence-electron chi connectivity index (χ4n) is 1.27. The van der Waals surface area contributed by atoms with E-state index in [-0.39, 0.29) is 31.4 Å². The first kappa shape index (κ1) is 17.6. The molecule has 0 aliphatic rings. The summed E-state index contributed by atoms with van der Waals surface area (Å²) in [6.07, 6.45) is -0.326. The van der Waals surface area contributed by atoms with Crippen molar-refractivity contribution < 1.29 is 35.4 Å². The van der Waals surface area contributed by atoms with E-state index in [2.05, 4.69) is 17.9 Å². The number of hydrogen-bond donors (Lipinski definition) is 8. The van der Waals surface area contributed by atoms with Gasteiger partial charge in [0, 0.05) is 18.6 Å². The summed E-state index contributed by atoms with van der Waals surface area (Å²) < 4.78 is 0. The molecule has 0 spiro atoms. The highest BCUT2D eigenvalue weighted by molar-refractivity contribution is 7.80. The van der Waals surface area contributed by atoms with Gasteiger partial charge in [-0.1, -0.05) is 0 Å². The number of aliphatic hydroxyl groups is 5. The Labute approximate surface area is 109 Å². The van der Waals surface area contributed by atoms with Crippen LogP contribution in [0.25, 0.3) is 0 Å². The molecule has 0 aliphatic carbocycles. The maximum atomic E-state index is 10.6. The van der Waals surface area contributed by atoms with Gasteiger partial charge in [-0.25, -0.2) is 0 Å². The van der Waals surface area contributed by atoms with Crippen molar-refractivity contribution in [3.8, 4) is 0 Å². The van der Waals surface area contributed by atoms with Gasteiger partial charge in [0.2, 0.25) is 5.91 Å². The van der Waals surface area contributed by atoms with E-state index < -0.39 is 23.9 Å². The van der Waals surface area contributed by atoms with Crippen molar-refractivity contribution >= 4 is 18.6 Å². The van der Waals surface area contributed by atoms with E-state index in [4.69, 9.17) is 20.4 Å². The van der Waals surface area contributed by atoms with Crippen LogP contribution in [0.4, 0.5) is 0 Å². The molecule has 18 heavy (non-hydrogen) atoms. The Kier molecular flexibility index (Phi) is 7.07. The maximum Gasteiger partial charge on any atom is 0.321 e. The van der Waals surface area contributed by atoms with Crippen LogP contribution < -0.4 is 5.32 Å². The predicted molar refractivity (Wildman–Crippen MR) is 63.4 cm³/mol. The molecule has 9 heteroatoms. The van der Waals surface area contributed by atoms with Crippen LogP contribution in [0.2, 0.25) is 0 Å². The number of unbranched alkanes of at least 4 members (excludes halogenated alkanes) is 1. The highest BCUT2D eigenvalue weighted by Crippen LogP contribution is 2.14. The van der Waals surface area contributed by atoms with Gasteiger partial charge in [-0.2, -0.15) is 12.6 Å². The molecule has 0 heterocycles. The van der Waals surface area contributed by atoms with Crippen molar-refractivity contribution in [2.45, 2.75) is 43.6 Å². The fraction of sp³-hybridized carbons (Fsp3) is 0.889. The highest BCUT2D eigenvalue weighted by Gasteiger charge is 2.29. The van der Waals surface area contributed by atoms with Gasteiger partial charge in [-0.15, -0.1) is 0 Å². The number of carboxylic acid groups (broad SMARTS) is 1. The van der Waals surface area contributed by atoms with Gasteiger partial charge in [0.25, 0.3) is 5.97 Å². The number of hydrogen-bond acceptors (Lipinski definition) is 8. The molecule has 1 atom stereocenters. The summed E-state index contributed by atoms with van der Waals surface area (Å²) in [5, 5.41) is 55.4. The smallest absolute Gasteiger partial charge is 0.321 e. The molecular weight excluding hydrogens is 266 g/mol. The Morgan fingerprint density at radius 3 is 2.00 bits per heavy atom. The number of aliphatic carboxylic acids is 1. The predicted octanol–water partition coefficient (Wildman–Crippen LogP) is -2.21. The minimum absolute atomic E-state index is 0.118. The summed E-state index contributed by atoms with van der Waals surface area (Å²) in [4.78, 5) is 10.6. The van der Waals surface area contributed by atoms with E-state index in [9.17, 15) is 15.0 Å². The molecule has 0 unspecified atom stereocenters. The summed E-state index contributed by atoms with van der Waals surface area (Å²) >= 11 is 3.75. The van der Waals surface area contributed by atoms with Crippen LogP contribution in [-0.4, -0.2) is 60.3 Å². The first-order chi connectivity index (χ1) is 8.07. The molecule has 0 amide bonds. The molecule has 0 aromatic rings. The molecule has 0 aliphatic heterocycles. The first-order valence-corrected chi connectivity index (χ1v) is 5.94. The summed E-state index contributed by atoms with van der Waals surface area (Å²) in [5.41, 5.74) is 0. The third-order valence-corrected chi connectivity index (χ3v) is 2.54. The third kappa shape index (κ3) is 8.64. The van der Waals surface area contributed by atoms with Crippen molar-refractivity contribution in [3.05, 3.63) is 0 Å². The fourth-order valence-corrected chi connectivity index (χ4v) is 1.52. The number of thiol groups is 1. The van der Waals surface area contributed by atoms with Crippen molar-refractivity contribution in [1.29, 1.82) is 0 Å². The van der Waals surface area contributed by atoms with Crippen LogP contribution in [0.3, 0.4) is 0 Å². The molecule has 0 bridgehead atoms. The summed E-state index contributed by atoms with van der Waals surface area (Å²) in [6, 6.07) is -1.21. The second-order valence-corrected chi connectivity index (χ2v) is 4.38. The Morgan fingerprint density at radius 1 is 1.11 bits per heavy atom. The highest BCUT2D eigenvalue weighted by atomic mass is 32.1. The zero-order valence-electron chi connectivity index (χ0n) is 9.65. The van der Waals surface area contributed by atoms with E-state index in [0.29, 0.717) is 0 Å². The summed E-state index contributed by atoms with van der Waals surface area (Å²) in [6.45, 7) is 0. The van der Waals surface area contributed by atoms with E-state index in [1.54, 1.807) is 0 Å². The van der Waals surface area contributed by atoms with Crippen LogP contribution in [0.15, 0.2) is 0 Å². The second kappa shape index (κ2) is 7.24. The molecule has 0 saturated heterocycles. The van der Waals surface area contributed by atoms with E-state index in [1.807, 2.05) is 0 Å². The molecule has 0 fully saturated rings. The third-order valence-electron chi connectivity index (χ3n) is 2.17. The Bertz CT molecular complexity index is 266. The van der Waals surface area contributed by atoms with Gasteiger partial charge in [-0.05, 0) is 12.8 Å². The monoisotopic (exact) mass is 285 g/mol. The number of carbonyl (C=O) groups is 1. The van der Waals surface area contributed by atoms with Gasteiger partial charge < -0.3 is 30.6 Å². The van der Waals surface area contributed by atoms with E-state index in [0.717, 1.165) is 0 Å². The maximum absolute atomic E-state index is 10.6. The SMILES string of the molecule is O=C(O)[C@H](CS)NC(O)(O)CCCCC(O)(O)O. The largest absolute Gasteiger partial charge is 0.480 e. The average molecular weight is 285 g/mol. The van der Waals surface area contributed by atoms with Gasteiger partial charge in [0.1, 0.15) is 6.04 Å². The lowest BCUT2D eigenvalue weighted by Crippen LogP contribution is -2.54. The molecule has 108 valence electrons. The topological polar surface area (TPSA) is 150 Å². The standard InChI is InChI=1S/C9H19NO7S/c11-7(12)6(5-18)10-8(13,14)3-1-2-4-9(15,16)17/h6,10,13-18H,1-5H2,(H,11,12)/t6-/m0/s1. The van der Waals surface area contributed by atoms with Crippen LogP contribution in [0, 0.1) is 0 Å². The van der Waals surface area contributed by atoms with Crippen LogP contribution >= 0.6 is 12.6 Å². The minimum Gasteiger partial charge on any atom is -0.480 e. The van der Waals surface area contributed by atoms with Crippen LogP contribution in [0.5, 0.6) is 0 Å². The molecule has 0 aromatic carbocycles. The van der Waals surface area contributed by atoms with Crippen molar-refractivity contribution in [1.82, 2.24) is 5.32 Å². The van der Waals surface area contributed by atoms with E-state index in [1.165, 1.54) is 0 Å². The quantitative estimate of drug-likeness (QED) is 0.135. The van der Waals surface area contributed by atoms with E-state index >= 15 is 0 Å². The van der Waals surface area contributed by atoms with Crippen molar-refractivity contribution in [3.63, 3.8) is 0 Å². The lowest BCUT2D eigenvalue weighted by atomic mass is 10.1. The normalized spacial score (nSPS) is 14.6. The minimum atomic E-state index is -2.78. The molecule has 0 aromatic heterocycles. The summed E-state index contributed by atoms with van der Waals surface area (Å²) in [5.74, 6) is -6.56. The molecule has 0 saturated carbocycles. The lowest BCUT2D eigenvalue weighted by Gasteiger charge is -2.26. The second-order valence-electron chi connectivity index (χ2n) is 4.02. The van der Waals surface area contributed by atoms with Crippen LogP contribution in [-0.2, 0) is 4.79 Å². The molecule has 0 radical (unpaired) electrons. The zero-order chi connectivity index (χ0) is 14.4. The van der Waals surface area contributed by atoms with Gasteiger partial charge in [-0.3, -0.25) is 10.1 Å². The van der Waals surface area contributed by atoms with Gasteiger partial charge in [0.15, 0.2) is 0 Å². The van der Waals surface area contributed by atoms with Crippen LogP contribution in [0.1, 0.15) is 25.7 Å². The van der Waals surface area contributed by atoms with Crippen molar-refractivity contribution in [2.75, 3.05) is 5.75 Å². The molecule has 0 rings (SSSR count). The summed E-state index contributed by atoms with van der Waals surface area (Å²) in [7, 11) is 0. The number of nitrogens with one attached hydrogen (secondary N) is 1. The number of carboxylic acids is 1. The molecular formula is C9H19NO7S. The molecule has 7 N–H and O–H groups in total. The lowest BCUT2D eigenvalue weighted by molar-refractivity contribution is -0.315.